The van der Waals surface area contributed by atoms with E-state index in [4.69, 9.17) is 5.11 Å². The van der Waals surface area contributed by atoms with E-state index < -0.39 is 6.16 Å². The summed E-state index contributed by atoms with van der Waals surface area (Å²) in [5, 5.41) is 9.76. The van der Waals surface area contributed by atoms with E-state index in [2.05, 4.69) is 27.4 Å². The minimum absolute atomic E-state index is 0.668. The Hall–Kier alpha value is -0.0400. The Labute approximate surface area is 78.6 Å². The van der Waals surface area contributed by atoms with Gasteiger partial charge in [-0.05, 0) is 12.8 Å². The Balaban J connectivity index is 2.22. The second-order valence-corrected chi connectivity index (χ2v) is 4.22. The van der Waals surface area contributed by atoms with Gasteiger partial charge in [-0.3, -0.25) is 0 Å². The number of halogens is 1. The normalized spacial score (nSPS) is 21.5. The summed E-state index contributed by atoms with van der Waals surface area (Å²) < 4.78 is 0.668. The molecule has 4 nitrogen and oxygen atoms in total. The lowest BCUT2D eigenvalue weighted by molar-refractivity contribution is -0.127. The van der Waals surface area contributed by atoms with Crippen molar-refractivity contribution < 1.29 is 14.7 Å². The minimum Gasteiger partial charge on any atom is -0.448 e. The summed E-state index contributed by atoms with van der Waals surface area (Å²) in [7, 11) is 0. The van der Waals surface area contributed by atoms with Gasteiger partial charge in [-0.25, -0.2) is 4.79 Å². The molecule has 0 spiro atoms. The Bertz CT molecular complexity index is 145. The van der Waals surface area contributed by atoms with Gasteiger partial charge in [0.05, 0.1) is 0 Å². The molecule has 1 saturated heterocycles. The molecule has 0 unspecified atom stereocenters. The predicted octanol–water partition coefficient (Wildman–Crippen LogP) is 1.50. The van der Waals surface area contributed by atoms with Crippen LogP contribution in [0.4, 0.5) is 4.79 Å². The Morgan fingerprint density at radius 2 is 2.09 bits per heavy atom. The number of hydrogen-bond acceptors (Lipinski definition) is 3. The lowest BCUT2D eigenvalue weighted by Gasteiger charge is -2.26. The molecule has 5 heteroatoms. The molecule has 1 aliphatic rings. The molecule has 1 rings (SSSR count). The topological polar surface area (TPSA) is 49.8 Å². The lowest BCUT2D eigenvalue weighted by atomic mass is 10.2. The third-order valence-corrected chi connectivity index (χ3v) is 2.84. The maximum Gasteiger partial charge on any atom is 0.525 e. The maximum atomic E-state index is 10.1. The summed E-state index contributed by atoms with van der Waals surface area (Å²) in [5.41, 5.74) is 0. The molecule has 11 heavy (non-hydrogen) atoms. The molecule has 0 radical (unpaired) electrons. The molecule has 1 heterocycles. The van der Waals surface area contributed by atoms with Crippen molar-refractivity contribution in [1.29, 1.82) is 0 Å². The Morgan fingerprint density at radius 3 is 2.55 bits per heavy atom. The van der Waals surface area contributed by atoms with Crippen LogP contribution in [0.5, 0.6) is 0 Å². The standard InChI is InChI=1S/C6H10INO3/c7-5-1-3-8(4-2-5)11-6(9)10/h5H,1-4H2,(H,9,10). The average molecular weight is 271 g/mol. The van der Waals surface area contributed by atoms with E-state index in [1.54, 1.807) is 0 Å². The van der Waals surface area contributed by atoms with E-state index in [1.165, 1.54) is 5.06 Å². The second-order valence-electron chi connectivity index (χ2n) is 2.46. The summed E-state index contributed by atoms with van der Waals surface area (Å²) >= 11 is 2.37. The van der Waals surface area contributed by atoms with E-state index >= 15 is 0 Å². The molecule has 0 bridgehead atoms. The molecular formula is C6H10INO3. The first-order valence-corrected chi connectivity index (χ1v) is 4.73. The van der Waals surface area contributed by atoms with Crippen LogP contribution in [-0.2, 0) is 4.84 Å². The van der Waals surface area contributed by atoms with Crippen LogP contribution >= 0.6 is 22.6 Å². The van der Waals surface area contributed by atoms with E-state index in [0.29, 0.717) is 3.92 Å². The van der Waals surface area contributed by atoms with Crippen LogP contribution < -0.4 is 0 Å². The number of carbonyl (C=O) groups is 1. The monoisotopic (exact) mass is 271 g/mol. The van der Waals surface area contributed by atoms with Gasteiger partial charge in [0.25, 0.3) is 0 Å². The quantitative estimate of drug-likeness (QED) is 0.580. The van der Waals surface area contributed by atoms with Crippen LogP contribution in [0, 0.1) is 0 Å². The molecular weight excluding hydrogens is 261 g/mol. The molecule has 1 aliphatic heterocycles. The maximum absolute atomic E-state index is 10.1. The molecule has 0 aliphatic carbocycles. The van der Waals surface area contributed by atoms with Gasteiger partial charge in [-0.1, -0.05) is 22.6 Å². The van der Waals surface area contributed by atoms with Crippen LogP contribution in [0.3, 0.4) is 0 Å². The predicted molar refractivity (Wildman–Crippen MR) is 47.7 cm³/mol. The van der Waals surface area contributed by atoms with Gasteiger partial charge in [0.2, 0.25) is 0 Å². The second kappa shape index (κ2) is 4.10. The number of nitrogens with zero attached hydrogens (tertiary/aromatic N) is 1. The summed E-state index contributed by atoms with van der Waals surface area (Å²) in [5.74, 6) is 0. The summed E-state index contributed by atoms with van der Waals surface area (Å²) in [6.45, 7) is 1.44. The highest BCUT2D eigenvalue weighted by atomic mass is 127. The molecule has 0 aromatic rings. The van der Waals surface area contributed by atoms with Gasteiger partial charge < -0.3 is 9.94 Å². The summed E-state index contributed by atoms with van der Waals surface area (Å²) in [4.78, 5) is 14.6. The van der Waals surface area contributed by atoms with Gasteiger partial charge in [-0.15, -0.1) is 5.06 Å². The third-order valence-electron chi connectivity index (χ3n) is 1.59. The lowest BCUT2D eigenvalue weighted by Crippen LogP contribution is -2.35. The van der Waals surface area contributed by atoms with Gasteiger partial charge in [0.15, 0.2) is 0 Å². The number of hydroxylamine groups is 2. The fourth-order valence-electron chi connectivity index (χ4n) is 1.03. The fraction of sp³-hybridized carbons (Fsp3) is 0.833. The molecule has 0 atom stereocenters. The van der Waals surface area contributed by atoms with Crippen molar-refractivity contribution in [2.75, 3.05) is 13.1 Å². The molecule has 1 fully saturated rings. The third kappa shape index (κ3) is 3.24. The molecule has 0 aromatic carbocycles. The van der Waals surface area contributed by atoms with Crippen molar-refractivity contribution in [3.8, 4) is 0 Å². The SMILES string of the molecule is O=C(O)ON1CCC(I)CC1. The molecule has 0 amide bonds. The van der Waals surface area contributed by atoms with Crippen LogP contribution in [-0.4, -0.2) is 33.3 Å². The molecule has 0 saturated carbocycles. The fourth-order valence-corrected chi connectivity index (χ4v) is 1.58. The highest BCUT2D eigenvalue weighted by molar-refractivity contribution is 14.1. The number of piperidine rings is 1. The Morgan fingerprint density at radius 1 is 1.55 bits per heavy atom. The number of hydrogen-bond donors (Lipinski definition) is 1. The highest BCUT2D eigenvalue weighted by Crippen LogP contribution is 2.17. The summed E-state index contributed by atoms with van der Waals surface area (Å²) in [6.07, 6.45) is 0.804. The first kappa shape index (κ1) is 9.05. The Kier molecular flexibility index (Phi) is 3.38. The largest absolute Gasteiger partial charge is 0.525 e. The van der Waals surface area contributed by atoms with E-state index in [0.717, 1.165) is 25.9 Å². The average Bonchev–Trinajstić information content (AvgIpc) is 1.93. The summed E-state index contributed by atoms with van der Waals surface area (Å²) in [6, 6.07) is 0. The molecule has 0 aromatic heterocycles. The van der Waals surface area contributed by atoms with Gasteiger partial charge in [0, 0.05) is 17.0 Å². The van der Waals surface area contributed by atoms with E-state index in [9.17, 15) is 4.79 Å². The zero-order chi connectivity index (χ0) is 8.27. The van der Waals surface area contributed by atoms with Crippen LogP contribution in [0.2, 0.25) is 0 Å². The van der Waals surface area contributed by atoms with Gasteiger partial charge in [0.1, 0.15) is 0 Å². The molecule has 1 N–H and O–H groups in total. The van der Waals surface area contributed by atoms with Crippen molar-refractivity contribution in [3.63, 3.8) is 0 Å². The molecule has 64 valence electrons. The van der Waals surface area contributed by atoms with Crippen molar-refractivity contribution >= 4 is 28.7 Å². The van der Waals surface area contributed by atoms with Crippen LogP contribution in [0.25, 0.3) is 0 Å². The van der Waals surface area contributed by atoms with E-state index in [1.807, 2.05) is 0 Å². The van der Waals surface area contributed by atoms with Gasteiger partial charge >= 0.3 is 6.16 Å². The van der Waals surface area contributed by atoms with Crippen LogP contribution in [0.15, 0.2) is 0 Å². The number of carboxylic acid groups (broad SMARTS) is 1. The van der Waals surface area contributed by atoms with Crippen molar-refractivity contribution in [2.24, 2.45) is 0 Å². The van der Waals surface area contributed by atoms with Crippen LogP contribution in [0.1, 0.15) is 12.8 Å². The highest BCUT2D eigenvalue weighted by Gasteiger charge is 2.19. The first-order chi connectivity index (χ1) is 5.18. The smallest absolute Gasteiger partial charge is 0.448 e. The minimum atomic E-state index is -1.21. The zero-order valence-electron chi connectivity index (χ0n) is 5.99. The van der Waals surface area contributed by atoms with Crippen molar-refractivity contribution in [1.82, 2.24) is 5.06 Å². The number of rotatable bonds is 1. The number of alkyl halides is 1. The first-order valence-electron chi connectivity index (χ1n) is 3.48. The van der Waals surface area contributed by atoms with Crippen molar-refractivity contribution in [3.05, 3.63) is 0 Å². The van der Waals surface area contributed by atoms with Gasteiger partial charge in [-0.2, -0.15) is 0 Å². The van der Waals surface area contributed by atoms with Crippen molar-refractivity contribution in [2.45, 2.75) is 16.8 Å². The zero-order valence-corrected chi connectivity index (χ0v) is 8.15. The van der Waals surface area contributed by atoms with E-state index in [-0.39, 0.29) is 0 Å².